The van der Waals surface area contributed by atoms with Gasteiger partial charge in [-0.25, -0.2) is 0 Å². The highest BCUT2D eigenvalue weighted by Crippen LogP contribution is 2.48. The largest absolute Gasteiger partial charge is 0.390 e. The van der Waals surface area contributed by atoms with Gasteiger partial charge in [0.05, 0.1) is 11.2 Å². The van der Waals surface area contributed by atoms with Crippen LogP contribution in [0.3, 0.4) is 0 Å². The third kappa shape index (κ3) is 2.77. The minimum Gasteiger partial charge on any atom is -0.390 e. The maximum atomic E-state index is 11.2. The van der Waals surface area contributed by atoms with E-state index in [0.717, 1.165) is 51.8 Å². The lowest BCUT2D eigenvalue weighted by molar-refractivity contribution is -0.177. The van der Waals surface area contributed by atoms with E-state index in [2.05, 4.69) is 18.7 Å². The van der Waals surface area contributed by atoms with Gasteiger partial charge in [0.25, 0.3) is 0 Å². The summed E-state index contributed by atoms with van der Waals surface area (Å²) in [6.07, 6.45) is 8.98. The molecule has 20 heavy (non-hydrogen) atoms. The summed E-state index contributed by atoms with van der Waals surface area (Å²) in [5.74, 6) is 0.462. The summed E-state index contributed by atoms with van der Waals surface area (Å²) in [7, 11) is 0. The summed E-state index contributed by atoms with van der Waals surface area (Å²) in [6.45, 7) is 7.60. The zero-order chi connectivity index (χ0) is 14.2. The van der Waals surface area contributed by atoms with Crippen molar-refractivity contribution in [2.45, 2.75) is 82.5 Å². The lowest BCUT2D eigenvalue weighted by Gasteiger charge is -2.51. The molecule has 3 aliphatic rings. The highest BCUT2D eigenvalue weighted by Gasteiger charge is 2.48. The Morgan fingerprint density at radius 3 is 2.55 bits per heavy atom. The van der Waals surface area contributed by atoms with Gasteiger partial charge in [0.15, 0.2) is 0 Å². The second kappa shape index (κ2) is 5.58. The van der Waals surface area contributed by atoms with E-state index in [1.807, 2.05) is 0 Å². The molecule has 2 unspecified atom stereocenters. The molecule has 2 aliphatic heterocycles. The number of hydrogen-bond donors (Lipinski definition) is 1. The Kier molecular flexibility index (Phi) is 4.13. The first-order chi connectivity index (χ1) is 9.53. The van der Waals surface area contributed by atoms with Gasteiger partial charge in [-0.1, -0.05) is 0 Å². The third-order valence-corrected chi connectivity index (χ3v) is 6.13. The zero-order valence-electron chi connectivity index (χ0n) is 13.2. The van der Waals surface area contributed by atoms with Crippen molar-refractivity contribution >= 4 is 0 Å². The van der Waals surface area contributed by atoms with Crippen molar-refractivity contribution in [2.75, 3.05) is 19.7 Å². The van der Waals surface area contributed by atoms with Crippen LogP contribution in [0.1, 0.15) is 65.2 Å². The molecule has 0 bridgehead atoms. The molecule has 2 saturated heterocycles. The molecular weight excluding hydrogens is 250 g/mol. The van der Waals surface area contributed by atoms with Crippen molar-refractivity contribution in [3.8, 4) is 0 Å². The lowest BCUT2D eigenvalue weighted by atomic mass is 9.66. The van der Waals surface area contributed by atoms with Crippen molar-refractivity contribution in [1.82, 2.24) is 4.90 Å². The molecule has 1 saturated carbocycles. The van der Waals surface area contributed by atoms with Gasteiger partial charge in [-0.15, -0.1) is 0 Å². The molecule has 3 rings (SSSR count). The van der Waals surface area contributed by atoms with Crippen LogP contribution in [0.4, 0.5) is 0 Å². The SMILES string of the molecule is CC(C)N1CCCC(O)(C2CCOC3(CCC3)C2)CC1. The molecule has 0 radical (unpaired) electrons. The van der Waals surface area contributed by atoms with Crippen LogP contribution in [0.5, 0.6) is 0 Å². The number of ether oxygens (including phenoxy) is 1. The minimum atomic E-state index is -0.435. The first-order valence-electron chi connectivity index (χ1n) is 8.63. The molecule has 3 fully saturated rings. The number of hydrogen-bond acceptors (Lipinski definition) is 3. The molecule has 2 heterocycles. The summed E-state index contributed by atoms with van der Waals surface area (Å²) >= 11 is 0. The summed E-state index contributed by atoms with van der Waals surface area (Å²) in [6, 6.07) is 0.602. The molecule has 0 amide bonds. The molecule has 1 N–H and O–H groups in total. The zero-order valence-corrected chi connectivity index (χ0v) is 13.2. The van der Waals surface area contributed by atoms with Crippen molar-refractivity contribution in [3.05, 3.63) is 0 Å². The monoisotopic (exact) mass is 281 g/mol. The Labute approximate surface area is 123 Å². The molecule has 0 aromatic heterocycles. The Hall–Kier alpha value is -0.120. The van der Waals surface area contributed by atoms with Crippen LogP contribution in [0.25, 0.3) is 0 Å². The van der Waals surface area contributed by atoms with E-state index in [1.165, 1.54) is 19.3 Å². The first kappa shape index (κ1) is 14.8. The standard InChI is InChI=1S/C17H31NO2/c1-14(2)18-10-4-8-17(19,9-11-18)15-5-12-20-16(13-15)6-3-7-16/h14-15,19H,3-13H2,1-2H3. The van der Waals surface area contributed by atoms with Crippen molar-refractivity contribution in [3.63, 3.8) is 0 Å². The molecule has 3 nitrogen and oxygen atoms in total. The molecule has 3 heteroatoms. The summed E-state index contributed by atoms with van der Waals surface area (Å²) in [4.78, 5) is 2.52. The molecular formula is C17H31NO2. The Morgan fingerprint density at radius 1 is 1.10 bits per heavy atom. The van der Waals surface area contributed by atoms with Crippen LogP contribution in [0.15, 0.2) is 0 Å². The van der Waals surface area contributed by atoms with Crippen LogP contribution in [-0.4, -0.2) is 46.9 Å². The van der Waals surface area contributed by atoms with Crippen molar-refractivity contribution in [2.24, 2.45) is 5.92 Å². The molecule has 0 aromatic carbocycles. The van der Waals surface area contributed by atoms with Gasteiger partial charge in [0, 0.05) is 19.2 Å². The van der Waals surface area contributed by atoms with Crippen molar-refractivity contribution < 1.29 is 9.84 Å². The van der Waals surface area contributed by atoms with Crippen LogP contribution < -0.4 is 0 Å². The van der Waals surface area contributed by atoms with Gasteiger partial charge >= 0.3 is 0 Å². The van der Waals surface area contributed by atoms with E-state index in [0.29, 0.717) is 12.0 Å². The van der Waals surface area contributed by atoms with Gasteiger partial charge in [-0.2, -0.15) is 0 Å². The summed E-state index contributed by atoms with van der Waals surface area (Å²) in [5, 5.41) is 11.2. The average Bonchev–Trinajstić information content (AvgIpc) is 2.60. The van der Waals surface area contributed by atoms with Crippen LogP contribution in [-0.2, 0) is 4.74 Å². The highest BCUT2D eigenvalue weighted by atomic mass is 16.5. The van der Waals surface area contributed by atoms with E-state index in [1.54, 1.807) is 0 Å². The van der Waals surface area contributed by atoms with E-state index in [-0.39, 0.29) is 5.60 Å². The first-order valence-corrected chi connectivity index (χ1v) is 8.63. The number of nitrogens with zero attached hydrogens (tertiary/aromatic N) is 1. The number of rotatable bonds is 2. The smallest absolute Gasteiger partial charge is 0.0690 e. The number of likely N-dealkylation sites (tertiary alicyclic amines) is 1. The third-order valence-electron chi connectivity index (χ3n) is 6.13. The summed E-state index contributed by atoms with van der Waals surface area (Å²) in [5.41, 5.74) is -0.279. The topological polar surface area (TPSA) is 32.7 Å². The molecule has 1 aliphatic carbocycles. The van der Waals surface area contributed by atoms with Gasteiger partial charge in [0.2, 0.25) is 0 Å². The fourth-order valence-electron chi connectivity index (χ4n) is 4.49. The molecule has 116 valence electrons. The molecule has 0 aromatic rings. The van der Waals surface area contributed by atoms with Crippen LogP contribution in [0.2, 0.25) is 0 Å². The van der Waals surface area contributed by atoms with Gasteiger partial charge in [0.1, 0.15) is 0 Å². The maximum absolute atomic E-state index is 11.2. The fourth-order valence-corrected chi connectivity index (χ4v) is 4.49. The predicted molar refractivity (Wildman–Crippen MR) is 80.8 cm³/mol. The Bertz CT molecular complexity index is 340. The Morgan fingerprint density at radius 2 is 1.90 bits per heavy atom. The maximum Gasteiger partial charge on any atom is 0.0690 e. The Balaban J connectivity index is 1.65. The normalized spacial score (nSPS) is 38.7. The van der Waals surface area contributed by atoms with Crippen LogP contribution in [0, 0.1) is 5.92 Å². The fraction of sp³-hybridized carbons (Fsp3) is 1.00. The van der Waals surface area contributed by atoms with Crippen LogP contribution >= 0.6 is 0 Å². The second-order valence-corrected chi connectivity index (χ2v) is 7.66. The van der Waals surface area contributed by atoms with E-state index < -0.39 is 5.60 Å². The molecule has 2 atom stereocenters. The van der Waals surface area contributed by atoms with Crippen molar-refractivity contribution in [1.29, 1.82) is 0 Å². The van der Waals surface area contributed by atoms with E-state index >= 15 is 0 Å². The van der Waals surface area contributed by atoms with E-state index in [9.17, 15) is 5.11 Å². The van der Waals surface area contributed by atoms with Gasteiger partial charge in [-0.3, -0.25) is 0 Å². The minimum absolute atomic E-state index is 0.155. The van der Waals surface area contributed by atoms with Gasteiger partial charge < -0.3 is 14.7 Å². The lowest BCUT2D eigenvalue weighted by Crippen LogP contribution is -2.52. The predicted octanol–water partition coefficient (Wildman–Crippen LogP) is 2.96. The number of aliphatic hydroxyl groups is 1. The highest BCUT2D eigenvalue weighted by molar-refractivity contribution is 5.00. The van der Waals surface area contributed by atoms with Gasteiger partial charge in [-0.05, 0) is 77.7 Å². The van der Waals surface area contributed by atoms with E-state index in [4.69, 9.17) is 4.74 Å². The second-order valence-electron chi connectivity index (χ2n) is 7.66. The average molecular weight is 281 g/mol. The quantitative estimate of drug-likeness (QED) is 0.844. The summed E-state index contributed by atoms with van der Waals surface area (Å²) < 4.78 is 6.04. The molecule has 1 spiro atoms.